The Hall–Kier alpha value is -4.38. The average Bonchev–Trinajstić information content (AvgIpc) is 3.18. The summed E-state index contributed by atoms with van der Waals surface area (Å²) in [4.78, 5) is 26.0. The molecule has 4 N–H and O–H groups in total. The van der Waals surface area contributed by atoms with Gasteiger partial charge in [-0.25, -0.2) is 5.48 Å². The molecule has 270 valence electrons. The van der Waals surface area contributed by atoms with Gasteiger partial charge in [0, 0.05) is 44.0 Å². The van der Waals surface area contributed by atoms with Gasteiger partial charge in [0.05, 0.1) is 18.8 Å². The van der Waals surface area contributed by atoms with Crippen molar-refractivity contribution in [2.24, 2.45) is 0 Å². The number of carbonyl (C=O) groups excluding carboxylic acids is 2. The van der Waals surface area contributed by atoms with E-state index in [1.807, 2.05) is 48.5 Å². The minimum atomic E-state index is -0.554. The van der Waals surface area contributed by atoms with Crippen molar-refractivity contribution in [3.05, 3.63) is 131 Å². The molecule has 0 aromatic heterocycles. The zero-order chi connectivity index (χ0) is 36.0. The van der Waals surface area contributed by atoms with Gasteiger partial charge in [0.15, 0.2) is 6.29 Å². The molecule has 0 radical (unpaired) electrons. The number of amides is 2. The third kappa shape index (κ3) is 11.1. The first-order chi connectivity index (χ1) is 24.8. The summed E-state index contributed by atoms with van der Waals surface area (Å²) in [6, 6.07) is 35.0. The number of aliphatic hydroxyl groups excluding tert-OH is 1. The second-order valence-corrected chi connectivity index (χ2v) is 13.4. The molecule has 2 amide bonds. The molecule has 51 heavy (non-hydrogen) atoms. The van der Waals surface area contributed by atoms with E-state index in [0.29, 0.717) is 25.8 Å². The van der Waals surface area contributed by atoms with E-state index >= 15 is 0 Å². The highest BCUT2D eigenvalue weighted by Crippen LogP contribution is 2.39. The van der Waals surface area contributed by atoms with Crippen LogP contribution in [-0.4, -0.2) is 46.7 Å². The lowest BCUT2D eigenvalue weighted by Gasteiger charge is -2.39. The lowest BCUT2D eigenvalue weighted by molar-refractivity contribution is -0.253. The molecular formula is C42H51N3O6. The number of hydroxylamine groups is 1. The van der Waals surface area contributed by atoms with E-state index < -0.39 is 6.29 Å². The number of aliphatic hydroxyl groups is 1. The maximum absolute atomic E-state index is 12.6. The summed E-state index contributed by atoms with van der Waals surface area (Å²) in [5.74, 6) is -0.382. The number of rotatable bonds is 17. The Morgan fingerprint density at radius 2 is 1.45 bits per heavy atom. The molecule has 4 aromatic carbocycles. The number of nitrogens with zero attached hydrogens (tertiary/aromatic N) is 1. The Morgan fingerprint density at radius 3 is 2.14 bits per heavy atom. The van der Waals surface area contributed by atoms with Gasteiger partial charge in [0.25, 0.3) is 0 Å². The van der Waals surface area contributed by atoms with E-state index in [1.54, 1.807) is 5.48 Å². The molecular weight excluding hydrogens is 642 g/mol. The second kappa shape index (κ2) is 19.3. The Balaban J connectivity index is 1.23. The molecule has 1 heterocycles. The molecule has 9 nitrogen and oxygen atoms in total. The van der Waals surface area contributed by atoms with Gasteiger partial charge >= 0.3 is 0 Å². The van der Waals surface area contributed by atoms with E-state index in [1.165, 1.54) is 5.56 Å². The van der Waals surface area contributed by atoms with Gasteiger partial charge in [-0.15, -0.1) is 0 Å². The van der Waals surface area contributed by atoms with Crippen LogP contribution >= 0.6 is 0 Å². The normalized spacial score (nSPS) is 17.9. The summed E-state index contributed by atoms with van der Waals surface area (Å²) >= 11 is 0. The quantitative estimate of drug-likeness (QED) is 0.0512. The minimum Gasteiger partial charge on any atom is -0.392 e. The zero-order valence-electron chi connectivity index (χ0n) is 29.7. The van der Waals surface area contributed by atoms with Crippen LogP contribution in [0.25, 0.3) is 11.1 Å². The van der Waals surface area contributed by atoms with E-state index in [-0.39, 0.29) is 43.1 Å². The van der Waals surface area contributed by atoms with Crippen molar-refractivity contribution in [2.45, 2.75) is 89.6 Å². The highest BCUT2D eigenvalue weighted by molar-refractivity contribution is 5.76. The number of ether oxygens (including phenoxy) is 2. The van der Waals surface area contributed by atoms with E-state index in [2.05, 4.69) is 78.8 Å². The Labute approximate surface area is 301 Å². The predicted octanol–water partition coefficient (Wildman–Crippen LogP) is 7.55. The van der Waals surface area contributed by atoms with Crippen molar-refractivity contribution >= 4 is 11.8 Å². The predicted molar refractivity (Wildman–Crippen MR) is 197 cm³/mol. The van der Waals surface area contributed by atoms with Gasteiger partial charge in [0.2, 0.25) is 11.8 Å². The topological polar surface area (TPSA) is 120 Å². The third-order valence-electron chi connectivity index (χ3n) is 9.72. The lowest BCUT2D eigenvalue weighted by Crippen LogP contribution is -2.38. The van der Waals surface area contributed by atoms with E-state index in [0.717, 1.165) is 59.2 Å². The smallest absolute Gasteiger partial charge is 0.243 e. The first-order valence-electron chi connectivity index (χ1n) is 18.0. The molecule has 1 saturated heterocycles. The summed E-state index contributed by atoms with van der Waals surface area (Å²) in [5, 5.41) is 21.2. The third-order valence-corrected chi connectivity index (χ3v) is 9.72. The molecule has 9 heteroatoms. The van der Waals surface area contributed by atoms with Crippen molar-refractivity contribution in [3.63, 3.8) is 0 Å². The highest BCUT2D eigenvalue weighted by atomic mass is 16.7. The minimum absolute atomic E-state index is 0.000691. The monoisotopic (exact) mass is 693 g/mol. The largest absolute Gasteiger partial charge is 0.392 e. The first-order valence-corrected chi connectivity index (χ1v) is 18.0. The van der Waals surface area contributed by atoms with Crippen molar-refractivity contribution < 1.29 is 29.4 Å². The maximum atomic E-state index is 12.6. The zero-order valence-corrected chi connectivity index (χ0v) is 29.7. The van der Waals surface area contributed by atoms with Crippen molar-refractivity contribution in [2.75, 3.05) is 13.6 Å². The highest BCUT2D eigenvalue weighted by Gasteiger charge is 2.33. The van der Waals surface area contributed by atoms with Crippen LogP contribution in [0.5, 0.6) is 0 Å². The SMILES string of the molecule is CC(c1ccccc1)N(C)CC1CC(c2ccc(CO)cc2)OC(c2ccc(-c3ccccc3CNC(=O)CCCCCCC(=O)NO)cc2)O1. The van der Waals surface area contributed by atoms with Crippen LogP contribution in [0, 0.1) is 0 Å². The summed E-state index contributed by atoms with van der Waals surface area (Å²) in [5.41, 5.74) is 8.87. The van der Waals surface area contributed by atoms with Crippen molar-refractivity contribution in [1.29, 1.82) is 0 Å². The fraction of sp³-hybridized carbons (Fsp3) is 0.381. The number of benzene rings is 4. The van der Waals surface area contributed by atoms with Gasteiger partial charge < -0.3 is 19.9 Å². The molecule has 4 unspecified atom stereocenters. The number of hydrogen-bond donors (Lipinski definition) is 4. The van der Waals surface area contributed by atoms with Crippen molar-refractivity contribution in [3.8, 4) is 11.1 Å². The van der Waals surface area contributed by atoms with E-state index in [4.69, 9.17) is 14.7 Å². The van der Waals surface area contributed by atoms with Gasteiger partial charge in [0.1, 0.15) is 0 Å². The van der Waals surface area contributed by atoms with Crippen LogP contribution in [0.1, 0.15) is 98.1 Å². The number of unbranched alkanes of at least 4 members (excludes halogenated alkanes) is 3. The number of carbonyl (C=O) groups is 2. The Bertz CT molecular complexity index is 1660. The standard InChI is InChI=1S/C42H51N3O6/c1-30(32-12-6-5-7-13-32)45(2)28-37-26-39(34-20-18-31(29-46)19-21-34)51-42(50-37)35-24-22-33(23-25-35)38-15-11-10-14-36(38)27-43-40(47)16-8-3-4-9-17-41(48)44-49/h5-7,10-15,18-25,30,37,39,42,46,49H,3-4,8-9,16-17,26-29H2,1-2H3,(H,43,47)(H,44,48). The Morgan fingerprint density at radius 1 is 0.804 bits per heavy atom. The maximum Gasteiger partial charge on any atom is 0.243 e. The molecule has 0 spiro atoms. The molecule has 5 rings (SSSR count). The molecule has 0 saturated carbocycles. The molecule has 1 aliphatic rings. The molecule has 4 atom stereocenters. The van der Waals surface area contributed by atoms with Gasteiger partial charge in [-0.1, -0.05) is 116 Å². The Kier molecular flexibility index (Phi) is 14.3. The van der Waals surface area contributed by atoms with Crippen molar-refractivity contribution in [1.82, 2.24) is 15.7 Å². The van der Waals surface area contributed by atoms with Crippen LogP contribution in [-0.2, 0) is 32.2 Å². The summed E-state index contributed by atoms with van der Waals surface area (Å²) < 4.78 is 13.3. The molecule has 1 aliphatic heterocycles. The van der Waals surface area contributed by atoms with E-state index in [9.17, 15) is 14.7 Å². The summed E-state index contributed by atoms with van der Waals surface area (Å²) in [6.07, 6.45) is 3.75. The summed E-state index contributed by atoms with van der Waals surface area (Å²) in [6.45, 7) is 3.38. The van der Waals surface area contributed by atoms with Gasteiger partial charge in [-0.2, -0.15) is 0 Å². The van der Waals surface area contributed by atoms with Crippen LogP contribution in [0.3, 0.4) is 0 Å². The fourth-order valence-corrected chi connectivity index (χ4v) is 6.54. The van der Waals surface area contributed by atoms with Crippen LogP contribution in [0.4, 0.5) is 0 Å². The number of nitrogens with one attached hydrogen (secondary N) is 2. The van der Waals surface area contributed by atoms with Crippen LogP contribution in [0.2, 0.25) is 0 Å². The number of hydrogen-bond acceptors (Lipinski definition) is 7. The first kappa shape index (κ1) is 37.9. The van der Waals surface area contributed by atoms with Gasteiger partial charge in [-0.3, -0.25) is 19.7 Å². The number of likely N-dealkylation sites (N-methyl/N-ethyl adjacent to an activating group) is 1. The second-order valence-electron chi connectivity index (χ2n) is 13.4. The fourth-order valence-electron chi connectivity index (χ4n) is 6.54. The lowest BCUT2D eigenvalue weighted by atomic mass is 9.97. The molecule has 0 aliphatic carbocycles. The molecule has 0 bridgehead atoms. The summed E-state index contributed by atoms with van der Waals surface area (Å²) in [7, 11) is 2.13. The van der Waals surface area contributed by atoms with Gasteiger partial charge in [-0.05, 0) is 60.2 Å². The molecule has 4 aromatic rings. The average molecular weight is 694 g/mol. The van der Waals surface area contributed by atoms with Crippen LogP contribution < -0.4 is 10.8 Å². The molecule has 1 fully saturated rings. The van der Waals surface area contributed by atoms with Crippen LogP contribution in [0.15, 0.2) is 103 Å².